The van der Waals surface area contributed by atoms with Crippen LogP contribution in [0.3, 0.4) is 0 Å². The van der Waals surface area contributed by atoms with Crippen LogP contribution in [-0.2, 0) is 6.54 Å². The molecule has 1 heterocycles. The third-order valence-corrected chi connectivity index (χ3v) is 1.92. The van der Waals surface area contributed by atoms with Crippen LogP contribution in [0.25, 0.3) is 0 Å². The first-order valence-electron chi connectivity index (χ1n) is 4.45. The lowest BCUT2D eigenvalue weighted by molar-refractivity contribution is 0.238. The van der Waals surface area contributed by atoms with Gasteiger partial charge >= 0.3 is 0 Å². The molecule has 0 aliphatic rings. The smallest absolute Gasteiger partial charge is 0.115 e. The van der Waals surface area contributed by atoms with Crippen LogP contribution in [0.1, 0.15) is 18.9 Å². The highest BCUT2D eigenvalue weighted by Gasteiger charge is 2.02. The van der Waals surface area contributed by atoms with Gasteiger partial charge in [-0.05, 0) is 6.42 Å². The monoisotopic (exact) mass is 181 g/mol. The number of nitrogens with zero attached hydrogens (tertiary/aromatic N) is 2. The largest absolute Gasteiger partial charge is 0.395 e. The van der Waals surface area contributed by atoms with Crippen molar-refractivity contribution < 1.29 is 5.11 Å². The van der Waals surface area contributed by atoms with Crippen LogP contribution in [0.5, 0.6) is 0 Å². The summed E-state index contributed by atoms with van der Waals surface area (Å²) in [5.74, 6) is 0. The lowest BCUT2D eigenvalue weighted by Crippen LogP contribution is -2.31. The summed E-state index contributed by atoms with van der Waals surface area (Å²) >= 11 is 0. The first-order valence-corrected chi connectivity index (χ1v) is 4.45. The summed E-state index contributed by atoms with van der Waals surface area (Å²) in [5, 5.41) is 12.1. The standard InChI is InChI=1S/C9H15N3O/c1-2-9(6-13)12-5-8-3-10-7-11-4-8/h3-4,7,9,12-13H,2,5-6H2,1H3/t9-/m0/s1. The van der Waals surface area contributed by atoms with Crippen molar-refractivity contribution in [1.82, 2.24) is 15.3 Å². The Bertz CT molecular complexity index is 224. The van der Waals surface area contributed by atoms with Crippen molar-refractivity contribution in [3.8, 4) is 0 Å². The second-order valence-corrected chi connectivity index (χ2v) is 2.92. The Balaban J connectivity index is 2.34. The summed E-state index contributed by atoms with van der Waals surface area (Å²) in [6.45, 7) is 2.92. The van der Waals surface area contributed by atoms with Crippen molar-refractivity contribution in [1.29, 1.82) is 0 Å². The molecule has 0 saturated heterocycles. The summed E-state index contributed by atoms with van der Waals surface area (Å²) in [4.78, 5) is 7.80. The molecule has 0 aliphatic heterocycles. The molecule has 0 amide bonds. The summed E-state index contributed by atoms with van der Waals surface area (Å²) in [6, 6.07) is 0.167. The maximum absolute atomic E-state index is 8.91. The van der Waals surface area contributed by atoms with Gasteiger partial charge in [-0.2, -0.15) is 0 Å². The number of aromatic nitrogens is 2. The predicted molar refractivity (Wildman–Crippen MR) is 50.0 cm³/mol. The first kappa shape index (κ1) is 10.1. The van der Waals surface area contributed by atoms with E-state index >= 15 is 0 Å². The van der Waals surface area contributed by atoms with E-state index in [-0.39, 0.29) is 12.6 Å². The minimum atomic E-state index is 0.167. The number of aliphatic hydroxyl groups is 1. The minimum Gasteiger partial charge on any atom is -0.395 e. The molecule has 0 spiro atoms. The van der Waals surface area contributed by atoms with Crippen LogP contribution >= 0.6 is 0 Å². The lowest BCUT2D eigenvalue weighted by Gasteiger charge is -2.12. The van der Waals surface area contributed by atoms with Crippen molar-refractivity contribution in [2.24, 2.45) is 0 Å². The van der Waals surface area contributed by atoms with Crippen LogP contribution in [-0.4, -0.2) is 27.7 Å². The summed E-state index contributed by atoms with van der Waals surface area (Å²) in [7, 11) is 0. The fourth-order valence-electron chi connectivity index (χ4n) is 1.02. The van der Waals surface area contributed by atoms with Gasteiger partial charge in [0.15, 0.2) is 0 Å². The van der Waals surface area contributed by atoms with E-state index in [1.807, 2.05) is 6.92 Å². The molecule has 0 saturated carbocycles. The SMILES string of the molecule is CC[C@@H](CO)NCc1cncnc1. The Morgan fingerprint density at radius 1 is 1.46 bits per heavy atom. The van der Waals surface area contributed by atoms with Gasteiger partial charge in [-0.3, -0.25) is 0 Å². The van der Waals surface area contributed by atoms with Crippen molar-refractivity contribution in [3.05, 3.63) is 24.3 Å². The number of hydrogen-bond donors (Lipinski definition) is 2. The number of rotatable bonds is 5. The van der Waals surface area contributed by atoms with E-state index in [0.29, 0.717) is 6.54 Å². The van der Waals surface area contributed by atoms with Crippen LogP contribution in [0, 0.1) is 0 Å². The Morgan fingerprint density at radius 3 is 2.69 bits per heavy atom. The number of nitrogens with one attached hydrogen (secondary N) is 1. The zero-order chi connectivity index (χ0) is 9.52. The number of aliphatic hydroxyl groups excluding tert-OH is 1. The Hall–Kier alpha value is -1.00. The molecule has 0 bridgehead atoms. The molecule has 2 N–H and O–H groups in total. The van der Waals surface area contributed by atoms with Gasteiger partial charge in [0.05, 0.1) is 6.61 Å². The molecular weight excluding hydrogens is 166 g/mol. The van der Waals surface area contributed by atoms with Gasteiger partial charge < -0.3 is 10.4 Å². The molecule has 0 radical (unpaired) electrons. The lowest BCUT2D eigenvalue weighted by atomic mass is 10.2. The van der Waals surface area contributed by atoms with Crippen LogP contribution in [0.4, 0.5) is 0 Å². The van der Waals surface area contributed by atoms with Gasteiger partial charge in [0, 0.05) is 30.5 Å². The molecule has 4 nitrogen and oxygen atoms in total. The maximum atomic E-state index is 8.91. The van der Waals surface area contributed by atoms with Gasteiger partial charge in [-0.25, -0.2) is 9.97 Å². The maximum Gasteiger partial charge on any atom is 0.115 e. The van der Waals surface area contributed by atoms with Crippen molar-refractivity contribution in [2.75, 3.05) is 6.61 Å². The van der Waals surface area contributed by atoms with E-state index < -0.39 is 0 Å². The molecule has 1 atom stereocenters. The van der Waals surface area contributed by atoms with Crippen LogP contribution in [0.15, 0.2) is 18.7 Å². The molecule has 0 aromatic carbocycles. The molecule has 1 aromatic heterocycles. The van der Waals surface area contributed by atoms with E-state index in [9.17, 15) is 0 Å². The molecule has 0 unspecified atom stereocenters. The second-order valence-electron chi connectivity index (χ2n) is 2.92. The van der Waals surface area contributed by atoms with Gasteiger partial charge in [-0.15, -0.1) is 0 Å². The minimum absolute atomic E-state index is 0.167. The van der Waals surface area contributed by atoms with Gasteiger partial charge in [0.25, 0.3) is 0 Å². The second kappa shape index (κ2) is 5.61. The zero-order valence-corrected chi connectivity index (χ0v) is 7.77. The van der Waals surface area contributed by atoms with E-state index in [4.69, 9.17) is 5.11 Å². The average molecular weight is 181 g/mol. The van der Waals surface area contributed by atoms with Crippen LogP contribution < -0.4 is 5.32 Å². The fourth-order valence-corrected chi connectivity index (χ4v) is 1.02. The molecule has 1 aromatic rings. The Morgan fingerprint density at radius 2 is 2.15 bits per heavy atom. The molecule has 1 rings (SSSR count). The van der Waals surface area contributed by atoms with Crippen molar-refractivity contribution in [2.45, 2.75) is 25.9 Å². The molecule has 0 fully saturated rings. The van der Waals surface area contributed by atoms with Crippen molar-refractivity contribution in [3.63, 3.8) is 0 Å². The fraction of sp³-hybridized carbons (Fsp3) is 0.556. The van der Waals surface area contributed by atoms with Crippen molar-refractivity contribution >= 4 is 0 Å². The van der Waals surface area contributed by atoms with E-state index in [2.05, 4.69) is 15.3 Å². The third kappa shape index (κ3) is 3.48. The number of hydrogen-bond acceptors (Lipinski definition) is 4. The van der Waals surface area contributed by atoms with Gasteiger partial charge in [0.1, 0.15) is 6.33 Å². The molecule has 13 heavy (non-hydrogen) atoms. The zero-order valence-electron chi connectivity index (χ0n) is 7.77. The third-order valence-electron chi connectivity index (χ3n) is 1.92. The molecule has 72 valence electrons. The van der Waals surface area contributed by atoms with E-state index in [0.717, 1.165) is 12.0 Å². The predicted octanol–water partition coefficient (Wildman–Crippen LogP) is 0.337. The molecule has 0 aliphatic carbocycles. The van der Waals surface area contributed by atoms with E-state index in [1.54, 1.807) is 12.4 Å². The highest BCUT2D eigenvalue weighted by molar-refractivity contribution is 5.01. The summed E-state index contributed by atoms with van der Waals surface area (Å²) < 4.78 is 0. The normalized spacial score (nSPS) is 12.8. The van der Waals surface area contributed by atoms with Crippen LogP contribution in [0.2, 0.25) is 0 Å². The summed E-state index contributed by atoms with van der Waals surface area (Å²) in [5.41, 5.74) is 1.04. The molecular formula is C9H15N3O. The highest BCUT2D eigenvalue weighted by atomic mass is 16.3. The highest BCUT2D eigenvalue weighted by Crippen LogP contribution is 1.95. The summed E-state index contributed by atoms with van der Waals surface area (Å²) in [6.07, 6.45) is 5.96. The topological polar surface area (TPSA) is 58.0 Å². The van der Waals surface area contributed by atoms with Gasteiger partial charge in [0.2, 0.25) is 0 Å². The van der Waals surface area contributed by atoms with Gasteiger partial charge in [-0.1, -0.05) is 6.92 Å². The van der Waals surface area contributed by atoms with E-state index in [1.165, 1.54) is 6.33 Å². The quantitative estimate of drug-likeness (QED) is 0.687. The molecule has 4 heteroatoms. The average Bonchev–Trinajstić information content (AvgIpc) is 2.21. The first-order chi connectivity index (χ1) is 6.36. The Labute approximate surface area is 78.0 Å². The Kier molecular flexibility index (Phi) is 4.35.